The van der Waals surface area contributed by atoms with Crippen LogP contribution in [-0.4, -0.2) is 297 Å². The molecule has 1 unspecified atom stereocenters. The van der Waals surface area contributed by atoms with E-state index in [-0.39, 0.29) is 129 Å². The van der Waals surface area contributed by atoms with Crippen LogP contribution < -0.4 is 48.9 Å². The second-order valence-electron chi connectivity index (χ2n) is 39.4. The number of fused-ring (bicyclic) bond motifs is 6. The molecule has 27 nitrogen and oxygen atoms in total. The van der Waals surface area contributed by atoms with Gasteiger partial charge in [-0.3, -0.25) is 19.3 Å². The van der Waals surface area contributed by atoms with Gasteiger partial charge in [-0.25, -0.2) is 28.5 Å². The number of ether oxygens (including phenoxy) is 3. The molecule has 0 spiro atoms. The fraction of sp³-hybridized carbons (Fsp3) is 0.509. The Morgan fingerprint density at radius 2 is 0.839 bits per heavy atom. The molecule has 0 saturated carbocycles. The fourth-order valence-corrected chi connectivity index (χ4v) is 22.4. The van der Waals surface area contributed by atoms with Crippen molar-refractivity contribution < 1.29 is 37.4 Å². The van der Waals surface area contributed by atoms with Gasteiger partial charge in [0.2, 0.25) is 30.8 Å². The number of anilines is 6. The number of likely N-dealkylation sites (N-methyl/N-ethyl adjacent to an activating group) is 3. The van der Waals surface area contributed by atoms with Gasteiger partial charge in [0.25, 0.3) is 0 Å². The molecule has 11 aliphatic rings. The molecule has 1 N–H and O–H groups in total. The summed E-state index contributed by atoms with van der Waals surface area (Å²) in [5.74, 6) is 3.04. The fourth-order valence-electron chi connectivity index (χ4n) is 21.9. The molecule has 8 saturated heterocycles. The summed E-state index contributed by atoms with van der Waals surface area (Å²) in [4.78, 5) is 103. The molecule has 806 valence electrons. The maximum absolute atomic E-state index is 13.3. The van der Waals surface area contributed by atoms with Gasteiger partial charge in [-0.1, -0.05) is 141 Å². The number of amides is 1. The highest BCUT2D eigenvalue weighted by atomic mass is 79.9. The first kappa shape index (κ1) is 124. The number of hydrogen-bond donors (Lipinski definition) is 1. The van der Waals surface area contributed by atoms with E-state index < -0.39 is 17.6 Å². The van der Waals surface area contributed by atoms with Gasteiger partial charge >= 0.3 is 18.0 Å². The average molecular weight is 2320 g/mol. The summed E-state index contributed by atoms with van der Waals surface area (Å²) in [6, 6.07) is 41.3. The monoisotopic (exact) mass is 2320 g/mol. The molecular weight excluding hydrogens is 2170 g/mol. The summed E-state index contributed by atoms with van der Waals surface area (Å²) in [5, 5.41) is 11.3. The van der Waals surface area contributed by atoms with Crippen LogP contribution >= 0.6 is 137 Å². The highest BCUT2D eigenvalue weighted by Gasteiger charge is 2.41. The second-order valence-corrected chi connectivity index (χ2v) is 41.1. The van der Waals surface area contributed by atoms with Gasteiger partial charge in [-0.05, 0) is 213 Å². The van der Waals surface area contributed by atoms with E-state index in [2.05, 4.69) is 247 Å². The van der Waals surface area contributed by atoms with E-state index in [0.717, 1.165) is 162 Å². The van der Waals surface area contributed by atoms with E-state index in [9.17, 15) is 23.2 Å². The molecule has 3 aromatic heterocycles. The Labute approximate surface area is 948 Å². The summed E-state index contributed by atoms with van der Waals surface area (Å²) >= 11 is 11.4. The number of likely N-dealkylation sites (tertiary alicyclic amines) is 4. The van der Waals surface area contributed by atoms with Crippen molar-refractivity contribution in [2.24, 2.45) is 17.8 Å². The molecule has 0 bridgehead atoms. The van der Waals surface area contributed by atoms with E-state index in [1.165, 1.54) is 90.6 Å². The standard InChI is InChI=1S/C37H45FN8O2.C35H41BrN6O2.C31H38N6O.C4H4BrClO.C3H6FN.ClH.6H2S/c1-26-8-4-9-27-10-5-12-33(35(26)27)44-17-14-31-32(24-44)40-37(48-25-29-11-6-15-42(29)3)41-36(31)45-18-19-46(30(23-45)20-39-2)34(47)13-7-16-43-21-28(38)22-43;1-24-8-4-9-25-10-5-12-31(33(24)25)41-18-15-29-30(22-41)38-35(44-23-27-11-7-17-40(27)3)39-34(29)42-19-14-28(26(21-42)20-37-2)32(43)13-6-16-36;1-22-8-4-10-24-11-5-13-28(29(22)24)36-17-14-26-27(20-36)33-31(38-21-25-12-7-15-35(25)3)34-30(26)37-16-6-9-23(19-37)18-32-2;5-3-1-2-4(6)7;4-3-1-5-2-3;;;;;;;/h4-5,7-10,12-13,28-30H,6,11,14-25H2,1,3H3;4-6,8-10,12-13,26-28H,7,11,14-23H2,1,3H3;4-5,8,10-11,13,23,25H,6-7,9,12,14-21H2,1,3H3;1-2H,3H2;3,5H,1-2H2;1H;6*1H2/b13-7+;13-6+;;2-1+;;;;;;;;/t29-,30-;26-,27-,28?;23-,25-;;;;;;;;;/m000........./s1. The van der Waals surface area contributed by atoms with Crippen LogP contribution in [-0.2, 0) is 53.3 Å². The Morgan fingerprint density at radius 3 is 1.21 bits per heavy atom. The van der Waals surface area contributed by atoms with Gasteiger partial charge in [-0.15, -0.1) is 12.4 Å². The van der Waals surface area contributed by atoms with Gasteiger partial charge in [0.05, 0.1) is 42.6 Å². The predicted octanol–water partition coefficient (Wildman–Crippen LogP) is 17.8. The van der Waals surface area contributed by atoms with Gasteiger partial charge < -0.3 is 83.1 Å². The summed E-state index contributed by atoms with van der Waals surface area (Å²) in [6.07, 6.45) is 20.9. The number of piperidine rings is 2. The van der Waals surface area contributed by atoms with E-state index in [1.807, 2.05) is 22.0 Å². The minimum atomic E-state index is -0.766. The number of allylic oxidation sites excluding steroid dienone is 4. The number of hydrogen-bond acceptors (Lipinski definition) is 23. The number of halogens is 6. The largest absolute Gasteiger partial charge is 0.462 e. The third kappa shape index (κ3) is 31.6. The molecular formula is C110H147Br2Cl2F2N21O6S6. The Balaban J connectivity index is 0.000000230. The third-order valence-corrected chi connectivity index (χ3v) is 30.7. The first-order valence-corrected chi connectivity index (χ1v) is 53.2. The van der Waals surface area contributed by atoms with Crippen LogP contribution in [0.25, 0.3) is 46.9 Å². The number of nitrogens with one attached hydrogen (secondary N) is 1. The maximum Gasteiger partial charge on any atom is 0.318 e. The van der Waals surface area contributed by atoms with Crippen LogP contribution in [0.1, 0.15) is 108 Å². The summed E-state index contributed by atoms with van der Waals surface area (Å²) < 4.78 is 43.6. The molecule has 20 rings (SSSR count). The normalized spacial score (nSPS) is 20.7. The van der Waals surface area contributed by atoms with Crippen LogP contribution in [0.2, 0.25) is 0 Å². The lowest BCUT2D eigenvalue weighted by molar-refractivity contribution is -0.128. The van der Waals surface area contributed by atoms with Crippen molar-refractivity contribution in [3.63, 3.8) is 0 Å². The zero-order valence-corrected chi connectivity index (χ0v) is 97.0. The van der Waals surface area contributed by atoms with E-state index in [1.54, 1.807) is 18.2 Å². The molecule has 39 heteroatoms. The highest BCUT2D eigenvalue weighted by molar-refractivity contribution is 9.09. The number of carbonyl (C=O) groups excluding carboxylic acids is 3. The number of rotatable bonds is 26. The zero-order valence-electron chi connectivity index (χ0n) is 86.2. The SMILES string of the molecule is Cl.FC1CNC1.O=C(Cl)/C=C/CBr.S.S.S.S.S.S.[C-]#[N+]C[C@@H]1CCCN(c2nc(OC[C@@H]3CCCN3C)nc3c2CCN(c2cccc4cccc(C)c24)C3)C1.[C-]#[N+]C[C@H]1CN(c2nc(OC[C@@H]3CCCN3C)nc3c2CCN(c2cccc4cccc(C)c24)C3)CCC1C(=O)/C=C/CBr.[C-]#[N+]C[C@H]1CN(c2nc(OC[C@@H]3CCCN3C)nc3c2CCN(c2cccc4cccc(C)c24)C3)CCN1C(=O)/C=C/CN1CC(F)C1. The molecule has 0 aliphatic carbocycles. The number of piperazine rings is 1. The van der Waals surface area contributed by atoms with Gasteiger partial charge in [-0.2, -0.15) is 111 Å². The number of nitrogens with zero attached hydrogens (tertiary/aromatic N) is 20. The van der Waals surface area contributed by atoms with E-state index in [4.69, 9.17) is 75.4 Å². The lowest BCUT2D eigenvalue weighted by Gasteiger charge is -2.41. The van der Waals surface area contributed by atoms with Crippen molar-refractivity contribution in [2.45, 2.75) is 154 Å². The highest BCUT2D eigenvalue weighted by Crippen LogP contribution is 2.43. The van der Waals surface area contributed by atoms with E-state index in [0.29, 0.717) is 171 Å². The number of benzene rings is 6. The zero-order chi connectivity index (χ0) is 99.3. The molecule has 6 aromatic carbocycles. The van der Waals surface area contributed by atoms with Gasteiger partial charge in [0.15, 0.2) is 5.78 Å². The van der Waals surface area contributed by atoms with E-state index >= 15 is 0 Å². The van der Waals surface area contributed by atoms with Crippen molar-refractivity contribution in [3.8, 4) is 18.0 Å². The van der Waals surface area contributed by atoms with Crippen LogP contribution in [0.4, 0.5) is 43.3 Å². The van der Waals surface area contributed by atoms with Crippen molar-refractivity contribution in [2.75, 3.05) is 218 Å². The van der Waals surface area contributed by atoms with Gasteiger partial charge in [0.1, 0.15) is 55.7 Å². The molecule has 0 radical (unpaired) electrons. The Morgan fingerprint density at radius 1 is 0.443 bits per heavy atom. The molecule has 8 fully saturated rings. The summed E-state index contributed by atoms with van der Waals surface area (Å²) in [7, 11) is 6.47. The smallest absolute Gasteiger partial charge is 0.318 e. The lowest BCUT2D eigenvalue weighted by atomic mass is 9.82. The van der Waals surface area contributed by atoms with Crippen LogP contribution in [0.15, 0.2) is 146 Å². The maximum atomic E-state index is 13.3. The Hall–Kier alpha value is -8.66. The molecule has 11 aliphatic heterocycles. The molecule has 9 aromatic rings. The second kappa shape index (κ2) is 60.3. The third-order valence-electron chi connectivity index (χ3n) is 29.8. The number of aryl methyl sites for hydroxylation is 3. The molecule has 14 heterocycles. The van der Waals surface area contributed by atoms with Crippen molar-refractivity contribution in [3.05, 3.63) is 230 Å². The Bertz CT molecular complexity index is 6160. The minimum absolute atomic E-state index is 0. The quantitative estimate of drug-likeness (QED) is 0.0231. The molecule has 7 atom stereocenters. The summed E-state index contributed by atoms with van der Waals surface area (Å²) in [6.45, 7) is 47.4. The van der Waals surface area contributed by atoms with Crippen LogP contribution in [0, 0.1) is 58.2 Å². The van der Waals surface area contributed by atoms with Crippen molar-refractivity contribution in [1.29, 1.82) is 0 Å². The number of carbonyl (C=O) groups is 3. The topological polar surface area (TPSA) is 217 Å². The van der Waals surface area contributed by atoms with Crippen LogP contribution in [0.5, 0.6) is 18.0 Å². The summed E-state index contributed by atoms with van der Waals surface area (Å²) in [5.41, 5.74) is 14.1. The van der Waals surface area contributed by atoms with Crippen LogP contribution in [0.3, 0.4) is 0 Å². The predicted molar refractivity (Wildman–Crippen MR) is 640 cm³/mol. The number of ketones is 1. The number of alkyl halides is 4. The first-order chi connectivity index (χ1) is 69.1. The minimum Gasteiger partial charge on any atom is -0.462 e. The average Bonchev–Trinajstić information content (AvgIpc) is 1.44. The molecule has 149 heavy (non-hydrogen) atoms. The lowest BCUT2D eigenvalue weighted by Crippen LogP contribution is -2.56. The molecule has 1 amide bonds. The van der Waals surface area contributed by atoms with Crippen molar-refractivity contribution in [1.82, 2.24) is 59.7 Å². The number of aromatic nitrogens is 6. The van der Waals surface area contributed by atoms with Gasteiger partial charge in [0, 0.05) is 195 Å². The first-order valence-electron chi connectivity index (χ1n) is 50.6. The van der Waals surface area contributed by atoms with Crippen molar-refractivity contribution >= 4 is 221 Å². The Kier molecular flexibility index (Phi) is 50.1.